The summed E-state index contributed by atoms with van der Waals surface area (Å²) in [7, 11) is 0. The first-order chi connectivity index (χ1) is 15.1. The van der Waals surface area contributed by atoms with Gasteiger partial charge in [-0.15, -0.1) is 11.8 Å². The molecule has 31 heavy (non-hydrogen) atoms. The Morgan fingerprint density at radius 1 is 1.26 bits per heavy atom. The summed E-state index contributed by atoms with van der Waals surface area (Å²) in [6.07, 6.45) is 0. The number of amides is 1. The predicted octanol–water partition coefficient (Wildman–Crippen LogP) is 5.35. The minimum atomic E-state index is -0.00684. The minimum absolute atomic E-state index is 0.00684. The van der Waals surface area contributed by atoms with Gasteiger partial charge in [0, 0.05) is 36.1 Å². The van der Waals surface area contributed by atoms with Gasteiger partial charge in [0.15, 0.2) is 5.13 Å². The molecule has 5 nitrogen and oxygen atoms in total. The van der Waals surface area contributed by atoms with Crippen molar-refractivity contribution in [3.63, 3.8) is 0 Å². The number of halogens is 1. The summed E-state index contributed by atoms with van der Waals surface area (Å²) in [6.45, 7) is 8.69. The second kappa shape index (κ2) is 10.3. The highest BCUT2D eigenvalue weighted by molar-refractivity contribution is 7.99. The number of hydrogen-bond donors (Lipinski definition) is 0. The van der Waals surface area contributed by atoms with Crippen molar-refractivity contribution >= 4 is 56.0 Å². The summed E-state index contributed by atoms with van der Waals surface area (Å²) >= 11 is 9.55. The first-order valence-electron chi connectivity index (χ1n) is 10.5. The van der Waals surface area contributed by atoms with Gasteiger partial charge in [0.2, 0.25) is 0 Å². The number of aryl methyl sites for hydroxylation is 1. The summed E-state index contributed by atoms with van der Waals surface area (Å²) in [5, 5.41) is 1.41. The molecule has 2 aromatic carbocycles. The number of carbonyl (C=O) groups is 1. The van der Waals surface area contributed by atoms with Crippen LogP contribution in [-0.2, 0) is 4.74 Å². The maximum absolute atomic E-state index is 13.8. The van der Waals surface area contributed by atoms with E-state index < -0.39 is 0 Å². The maximum Gasteiger partial charge on any atom is 0.261 e. The summed E-state index contributed by atoms with van der Waals surface area (Å²) in [4.78, 5) is 23.8. The Morgan fingerprint density at radius 3 is 2.81 bits per heavy atom. The number of thioether (sulfide) groups is 1. The van der Waals surface area contributed by atoms with Crippen molar-refractivity contribution in [3.8, 4) is 0 Å². The van der Waals surface area contributed by atoms with Crippen LogP contribution in [0.5, 0.6) is 0 Å². The normalized spacial score (nSPS) is 14.8. The van der Waals surface area contributed by atoms with Gasteiger partial charge in [-0.2, -0.15) is 0 Å². The lowest BCUT2D eigenvalue weighted by molar-refractivity contribution is 0.0391. The van der Waals surface area contributed by atoms with Crippen LogP contribution in [0.15, 0.2) is 41.3 Å². The highest BCUT2D eigenvalue weighted by Crippen LogP contribution is 2.35. The second-order valence-electron chi connectivity index (χ2n) is 7.36. The van der Waals surface area contributed by atoms with Gasteiger partial charge in [-0.1, -0.05) is 42.0 Å². The number of nitrogens with zero attached hydrogens (tertiary/aromatic N) is 3. The third-order valence-electron chi connectivity index (χ3n) is 5.37. The zero-order valence-electron chi connectivity index (χ0n) is 17.8. The van der Waals surface area contributed by atoms with Crippen LogP contribution in [0.2, 0.25) is 5.02 Å². The highest BCUT2D eigenvalue weighted by atomic mass is 35.5. The fourth-order valence-electron chi connectivity index (χ4n) is 3.62. The SMILES string of the molecule is CCSc1ccccc1C(=O)N(CCN1CCOCC1)c1nc2c(C)c(Cl)ccc2s1. The van der Waals surface area contributed by atoms with E-state index in [1.54, 1.807) is 23.1 Å². The molecule has 0 spiro atoms. The number of carbonyl (C=O) groups excluding carboxylic acids is 1. The predicted molar refractivity (Wildman–Crippen MR) is 131 cm³/mol. The molecule has 4 rings (SSSR count). The van der Waals surface area contributed by atoms with E-state index >= 15 is 0 Å². The van der Waals surface area contributed by atoms with Crippen LogP contribution >= 0.6 is 34.7 Å². The molecule has 0 radical (unpaired) electrons. The lowest BCUT2D eigenvalue weighted by Gasteiger charge is -2.29. The molecular formula is C23H26ClN3O2S2. The number of rotatable bonds is 7. The van der Waals surface area contributed by atoms with E-state index in [9.17, 15) is 4.79 Å². The van der Waals surface area contributed by atoms with Crippen molar-refractivity contribution in [2.75, 3.05) is 50.0 Å². The smallest absolute Gasteiger partial charge is 0.261 e. The molecule has 1 amide bonds. The number of thiazole rings is 1. The van der Waals surface area contributed by atoms with Gasteiger partial charge in [0.25, 0.3) is 5.91 Å². The third-order valence-corrected chi connectivity index (χ3v) is 7.78. The summed E-state index contributed by atoms with van der Waals surface area (Å²) in [6, 6.07) is 11.7. The van der Waals surface area contributed by atoms with Crippen LogP contribution in [0.3, 0.4) is 0 Å². The van der Waals surface area contributed by atoms with Crippen LogP contribution in [0.25, 0.3) is 10.2 Å². The van der Waals surface area contributed by atoms with Crippen molar-refractivity contribution < 1.29 is 9.53 Å². The standard InChI is InChI=1S/C23H26ClN3O2S2/c1-3-30-19-7-5-4-6-17(19)22(28)27(11-10-26-12-14-29-15-13-26)23-25-21-16(2)18(24)8-9-20(21)31-23/h4-9H,3,10-15H2,1-2H3. The number of benzene rings is 2. The average molecular weight is 476 g/mol. The lowest BCUT2D eigenvalue weighted by Crippen LogP contribution is -2.43. The number of aromatic nitrogens is 1. The molecule has 8 heteroatoms. The molecule has 1 saturated heterocycles. The Labute approximate surface area is 196 Å². The monoisotopic (exact) mass is 475 g/mol. The van der Waals surface area contributed by atoms with Crippen molar-refractivity contribution in [3.05, 3.63) is 52.5 Å². The molecule has 1 fully saturated rings. The van der Waals surface area contributed by atoms with E-state index in [0.29, 0.717) is 11.6 Å². The summed E-state index contributed by atoms with van der Waals surface area (Å²) in [5.41, 5.74) is 2.54. The summed E-state index contributed by atoms with van der Waals surface area (Å²) in [5.74, 6) is 0.907. The van der Waals surface area contributed by atoms with E-state index in [4.69, 9.17) is 21.3 Å². The van der Waals surface area contributed by atoms with Gasteiger partial charge in [-0.3, -0.25) is 14.6 Å². The van der Waals surface area contributed by atoms with E-state index in [2.05, 4.69) is 11.8 Å². The van der Waals surface area contributed by atoms with Crippen LogP contribution in [-0.4, -0.2) is 60.9 Å². The topological polar surface area (TPSA) is 45.7 Å². The zero-order chi connectivity index (χ0) is 21.8. The Morgan fingerprint density at radius 2 is 2.03 bits per heavy atom. The molecule has 0 aliphatic carbocycles. The molecule has 1 aromatic heterocycles. The lowest BCUT2D eigenvalue weighted by atomic mass is 10.2. The number of anilines is 1. The van der Waals surface area contributed by atoms with Gasteiger partial charge in [0.05, 0.1) is 29.0 Å². The fraction of sp³-hybridized carbons (Fsp3) is 0.391. The van der Waals surface area contributed by atoms with Crippen LogP contribution < -0.4 is 4.90 Å². The van der Waals surface area contributed by atoms with E-state index in [1.165, 1.54) is 0 Å². The Kier molecular flexibility index (Phi) is 7.51. The quantitative estimate of drug-likeness (QED) is 0.431. The molecule has 0 saturated carbocycles. The summed E-state index contributed by atoms with van der Waals surface area (Å²) < 4.78 is 6.51. The number of hydrogen-bond acceptors (Lipinski definition) is 6. The molecular weight excluding hydrogens is 450 g/mol. The second-order valence-corrected chi connectivity index (χ2v) is 10.1. The average Bonchev–Trinajstić information content (AvgIpc) is 3.22. The molecule has 1 aliphatic heterocycles. The minimum Gasteiger partial charge on any atom is -0.379 e. The van der Waals surface area contributed by atoms with Crippen molar-refractivity contribution in [2.24, 2.45) is 0 Å². The number of morpholine rings is 1. The van der Waals surface area contributed by atoms with Crippen molar-refractivity contribution in [2.45, 2.75) is 18.7 Å². The molecule has 2 heterocycles. The Bertz CT molecular complexity index is 1070. The number of fused-ring (bicyclic) bond motifs is 1. The first kappa shape index (κ1) is 22.6. The van der Waals surface area contributed by atoms with Gasteiger partial charge in [0.1, 0.15) is 0 Å². The Hall–Kier alpha value is -1.64. The van der Waals surface area contributed by atoms with Gasteiger partial charge < -0.3 is 4.74 Å². The van der Waals surface area contributed by atoms with Gasteiger partial charge in [-0.05, 0) is 42.5 Å². The maximum atomic E-state index is 13.8. The fourth-order valence-corrected chi connectivity index (χ4v) is 5.62. The molecule has 164 valence electrons. The first-order valence-corrected chi connectivity index (χ1v) is 12.7. The van der Waals surface area contributed by atoms with E-state index in [1.807, 2.05) is 48.2 Å². The number of ether oxygens (including phenoxy) is 1. The molecule has 0 atom stereocenters. The molecule has 1 aliphatic rings. The van der Waals surface area contributed by atoms with E-state index in [0.717, 1.165) is 70.0 Å². The van der Waals surface area contributed by atoms with Gasteiger partial charge >= 0.3 is 0 Å². The third kappa shape index (κ3) is 5.07. The van der Waals surface area contributed by atoms with Crippen LogP contribution in [0.1, 0.15) is 22.8 Å². The molecule has 0 N–H and O–H groups in total. The van der Waals surface area contributed by atoms with Crippen molar-refractivity contribution in [1.82, 2.24) is 9.88 Å². The largest absolute Gasteiger partial charge is 0.379 e. The molecule has 0 unspecified atom stereocenters. The zero-order valence-corrected chi connectivity index (χ0v) is 20.2. The van der Waals surface area contributed by atoms with E-state index in [-0.39, 0.29) is 5.91 Å². The highest BCUT2D eigenvalue weighted by Gasteiger charge is 2.25. The van der Waals surface area contributed by atoms with Gasteiger partial charge in [-0.25, -0.2) is 4.98 Å². The van der Waals surface area contributed by atoms with Crippen LogP contribution in [0, 0.1) is 6.92 Å². The Balaban J connectivity index is 1.69. The van der Waals surface area contributed by atoms with Crippen LogP contribution in [0.4, 0.5) is 5.13 Å². The molecule has 3 aromatic rings. The van der Waals surface area contributed by atoms with Crippen molar-refractivity contribution in [1.29, 1.82) is 0 Å². The molecule has 0 bridgehead atoms.